The molecule has 5 aromatic rings. The van der Waals surface area contributed by atoms with Gasteiger partial charge in [-0.3, -0.25) is 0 Å². The fraction of sp³-hybridized carbons (Fsp3) is 0.300. The van der Waals surface area contributed by atoms with Crippen LogP contribution >= 0.6 is 0 Å². The van der Waals surface area contributed by atoms with Crippen LogP contribution in [0.2, 0.25) is 0 Å². The van der Waals surface area contributed by atoms with E-state index >= 15 is 0 Å². The second-order valence-electron chi connectivity index (χ2n) is 6.87. The standard InChI is InChI=1S/C16H13N.C12H11N.6C2H6/c1-2-9-14(10-3-1)17-16-12-6-8-13-7-4-5-11-15(13)16;1-3-7-11(8-4-1)13-12-9-5-2-6-10-12;6*1-2/h1-12,17H;1-10,13H;6*1-2H3. The minimum Gasteiger partial charge on any atom is -0.356 e. The van der Waals surface area contributed by atoms with Crippen molar-refractivity contribution in [1.82, 2.24) is 0 Å². The fourth-order valence-electron chi connectivity index (χ4n) is 3.22. The van der Waals surface area contributed by atoms with Crippen LogP contribution in [-0.4, -0.2) is 0 Å². The van der Waals surface area contributed by atoms with Gasteiger partial charge in [-0.1, -0.05) is 174 Å². The van der Waals surface area contributed by atoms with Crippen molar-refractivity contribution >= 4 is 33.5 Å². The lowest BCUT2D eigenvalue weighted by Crippen LogP contribution is -1.90. The van der Waals surface area contributed by atoms with Crippen LogP contribution in [-0.2, 0) is 0 Å². The van der Waals surface area contributed by atoms with Gasteiger partial charge in [-0.25, -0.2) is 0 Å². The maximum absolute atomic E-state index is 3.45. The summed E-state index contributed by atoms with van der Waals surface area (Å²) in [6.07, 6.45) is 0. The Balaban J connectivity index is -0.000000543. The third-order valence-electron chi connectivity index (χ3n) is 4.68. The van der Waals surface area contributed by atoms with Crippen LogP contribution in [0.1, 0.15) is 83.1 Å². The summed E-state index contributed by atoms with van der Waals surface area (Å²) in [6, 6.07) is 45.2. The molecule has 2 nitrogen and oxygen atoms in total. The second-order valence-corrected chi connectivity index (χ2v) is 6.87. The van der Waals surface area contributed by atoms with Gasteiger partial charge in [0.2, 0.25) is 0 Å². The number of anilines is 4. The minimum absolute atomic E-state index is 1.11. The topological polar surface area (TPSA) is 24.1 Å². The van der Waals surface area contributed by atoms with Crippen molar-refractivity contribution in [1.29, 1.82) is 0 Å². The van der Waals surface area contributed by atoms with Gasteiger partial charge in [0.05, 0.1) is 0 Å². The Morgan fingerprint density at radius 2 is 0.595 bits per heavy atom. The Bertz CT molecular complexity index is 1130. The van der Waals surface area contributed by atoms with Gasteiger partial charge in [0.15, 0.2) is 0 Å². The number of para-hydroxylation sites is 3. The zero-order chi connectivity index (χ0) is 32.4. The summed E-state index contributed by atoms with van der Waals surface area (Å²) in [5, 5.41) is 9.26. The summed E-state index contributed by atoms with van der Waals surface area (Å²) in [4.78, 5) is 0. The molecule has 0 bridgehead atoms. The molecule has 0 heterocycles. The predicted octanol–water partition coefficient (Wildman–Crippen LogP) is 14.2. The van der Waals surface area contributed by atoms with Crippen LogP contribution in [0, 0.1) is 0 Å². The average molecular weight is 569 g/mol. The lowest BCUT2D eigenvalue weighted by atomic mass is 10.1. The van der Waals surface area contributed by atoms with Crippen molar-refractivity contribution in [3.8, 4) is 0 Å². The highest BCUT2D eigenvalue weighted by Gasteiger charge is 1.99. The van der Waals surface area contributed by atoms with E-state index in [4.69, 9.17) is 0 Å². The first-order chi connectivity index (χ1) is 20.9. The van der Waals surface area contributed by atoms with E-state index in [0.717, 1.165) is 22.7 Å². The third-order valence-corrected chi connectivity index (χ3v) is 4.68. The first kappa shape index (κ1) is 42.4. The largest absolute Gasteiger partial charge is 0.356 e. The monoisotopic (exact) mass is 568 g/mol. The molecule has 0 unspecified atom stereocenters. The maximum Gasteiger partial charge on any atom is 0.0463 e. The number of rotatable bonds is 4. The van der Waals surface area contributed by atoms with Crippen LogP contribution in [0.4, 0.5) is 22.7 Å². The molecule has 0 aliphatic heterocycles. The number of hydrogen-bond acceptors (Lipinski definition) is 2. The fourth-order valence-corrected chi connectivity index (χ4v) is 3.22. The lowest BCUT2D eigenvalue weighted by Gasteiger charge is -2.09. The van der Waals surface area contributed by atoms with Crippen molar-refractivity contribution < 1.29 is 0 Å². The summed E-state index contributed by atoms with van der Waals surface area (Å²) >= 11 is 0. The Hall–Kier alpha value is -4.04. The molecule has 0 spiro atoms. The molecule has 2 heteroatoms. The van der Waals surface area contributed by atoms with E-state index in [2.05, 4.69) is 65.2 Å². The first-order valence-electron chi connectivity index (χ1n) is 16.1. The second kappa shape index (κ2) is 33.2. The molecule has 0 aromatic heterocycles. The number of hydrogen-bond donors (Lipinski definition) is 2. The molecule has 5 rings (SSSR count). The highest BCUT2D eigenvalue weighted by Crippen LogP contribution is 2.26. The van der Waals surface area contributed by atoms with Crippen molar-refractivity contribution in [2.45, 2.75) is 83.1 Å². The van der Waals surface area contributed by atoms with Gasteiger partial charge in [-0.15, -0.1) is 0 Å². The van der Waals surface area contributed by atoms with Crippen LogP contribution in [0.25, 0.3) is 10.8 Å². The summed E-state index contributed by atoms with van der Waals surface area (Å²) in [7, 11) is 0. The van der Waals surface area contributed by atoms with Crippen molar-refractivity contribution in [3.05, 3.63) is 133 Å². The van der Waals surface area contributed by atoms with Gasteiger partial charge in [0.1, 0.15) is 0 Å². The van der Waals surface area contributed by atoms with E-state index in [0.29, 0.717) is 0 Å². The van der Waals surface area contributed by atoms with Crippen molar-refractivity contribution in [2.75, 3.05) is 10.6 Å². The maximum atomic E-state index is 3.45. The first-order valence-corrected chi connectivity index (χ1v) is 16.1. The molecular weight excluding hydrogens is 508 g/mol. The normalized spacial score (nSPS) is 8.00. The van der Waals surface area contributed by atoms with Gasteiger partial charge in [-0.2, -0.15) is 0 Å². The molecule has 42 heavy (non-hydrogen) atoms. The molecule has 0 radical (unpaired) electrons. The van der Waals surface area contributed by atoms with Crippen molar-refractivity contribution in [3.63, 3.8) is 0 Å². The van der Waals surface area contributed by atoms with Gasteiger partial charge in [0.25, 0.3) is 0 Å². The summed E-state index contributed by atoms with van der Waals surface area (Å²) in [5.74, 6) is 0. The summed E-state index contributed by atoms with van der Waals surface area (Å²) in [5.41, 5.74) is 4.50. The zero-order valence-electron chi connectivity index (χ0n) is 28.7. The van der Waals surface area contributed by atoms with Gasteiger partial charge >= 0.3 is 0 Å². The van der Waals surface area contributed by atoms with E-state index in [9.17, 15) is 0 Å². The molecule has 2 N–H and O–H groups in total. The zero-order valence-corrected chi connectivity index (χ0v) is 28.7. The van der Waals surface area contributed by atoms with Gasteiger partial charge < -0.3 is 10.6 Å². The quantitative estimate of drug-likeness (QED) is 0.225. The van der Waals surface area contributed by atoms with E-state index in [1.807, 2.05) is 162 Å². The van der Waals surface area contributed by atoms with Crippen LogP contribution in [0.5, 0.6) is 0 Å². The molecule has 0 aliphatic rings. The summed E-state index contributed by atoms with van der Waals surface area (Å²) in [6.45, 7) is 24.0. The molecule has 0 saturated heterocycles. The molecule has 230 valence electrons. The molecule has 0 fully saturated rings. The lowest BCUT2D eigenvalue weighted by molar-refractivity contribution is 1.50. The van der Waals surface area contributed by atoms with Crippen LogP contribution in [0.15, 0.2) is 133 Å². The van der Waals surface area contributed by atoms with E-state index in [1.54, 1.807) is 0 Å². The van der Waals surface area contributed by atoms with E-state index in [-0.39, 0.29) is 0 Å². The highest BCUT2D eigenvalue weighted by molar-refractivity contribution is 5.95. The number of benzene rings is 5. The molecule has 5 aromatic carbocycles. The van der Waals surface area contributed by atoms with E-state index in [1.165, 1.54) is 10.8 Å². The van der Waals surface area contributed by atoms with Crippen LogP contribution < -0.4 is 10.6 Å². The van der Waals surface area contributed by atoms with Gasteiger partial charge in [-0.05, 0) is 47.9 Å². The SMILES string of the molecule is CC.CC.CC.CC.CC.CC.c1ccc(Nc2cccc3ccccc23)cc1.c1ccc(Nc2ccccc2)cc1. The molecule has 0 aliphatic carbocycles. The molecule has 0 saturated carbocycles. The predicted molar refractivity (Wildman–Crippen MR) is 198 cm³/mol. The summed E-state index contributed by atoms with van der Waals surface area (Å²) < 4.78 is 0. The average Bonchev–Trinajstić information content (AvgIpc) is 3.12. The minimum atomic E-state index is 1.11. The highest BCUT2D eigenvalue weighted by atomic mass is 14.9. The van der Waals surface area contributed by atoms with Gasteiger partial charge in [0, 0.05) is 28.1 Å². The number of nitrogens with one attached hydrogen (secondary N) is 2. The molecule has 0 amide bonds. The Labute approximate surface area is 260 Å². The Kier molecular flexibility index (Phi) is 33.5. The van der Waals surface area contributed by atoms with E-state index < -0.39 is 0 Å². The van der Waals surface area contributed by atoms with Crippen molar-refractivity contribution in [2.24, 2.45) is 0 Å². The Morgan fingerprint density at radius 3 is 1.00 bits per heavy atom. The Morgan fingerprint density at radius 1 is 0.286 bits per heavy atom. The van der Waals surface area contributed by atoms with Crippen LogP contribution in [0.3, 0.4) is 0 Å². The molecular formula is C40H60N2. The molecule has 0 atom stereocenters. The third kappa shape index (κ3) is 18.3. The smallest absolute Gasteiger partial charge is 0.0463 e. The number of fused-ring (bicyclic) bond motifs is 1.